The van der Waals surface area contributed by atoms with E-state index in [0.29, 0.717) is 6.04 Å². The number of aliphatic hydroxyl groups excluding tert-OH is 1. The summed E-state index contributed by atoms with van der Waals surface area (Å²) in [5, 5.41) is 9.88. The highest BCUT2D eigenvalue weighted by molar-refractivity contribution is 9.11. The van der Waals surface area contributed by atoms with Gasteiger partial charge in [0.2, 0.25) is 0 Å². The van der Waals surface area contributed by atoms with Crippen molar-refractivity contribution < 1.29 is 5.11 Å². The second kappa shape index (κ2) is 5.89. The Hall–Kier alpha value is 0.140. The molecule has 2 nitrogen and oxygen atoms in total. The van der Waals surface area contributed by atoms with Crippen molar-refractivity contribution in [1.82, 2.24) is 4.90 Å². The maximum absolute atomic E-state index is 9.88. The van der Waals surface area contributed by atoms with Crippen LogP contribution >= 0.6 is 15.9 Å². The first-order chi connectivity index (χ1) is 6.65. The van der Waals surface area contributed by atoms with Crippen molar-refractivity contribution in [1.29, 1.82) is 0 Å². The largest absolute Gasteiger partial charge is 0.392 e. The van der Waals surface area contributed by atoms with Crippen LogP contribution in [-0.2, 0) is 0 Å². The number of halogens is 1. The predicted molar refractivity (Wildman–Crippen MR) is 63.6 cm³/mol. The molecule has 1 rings (SSSR count). The van der Waals surface area contributed by atoms with Gasteiger partial charge in [0.1, 0.15) is 0 Å². The molecule has 14 heavy (non-hydrogen) atoms. The zero-order valence-corrected chi connectivity index (χ0v) is 10.5. The van der Waals surface area contributed by atoms with E-state index in [-0.39, 0.29) is 6.10 Å². The highest BCUT2D eigenvalue weighted by Crippen LogP contribution is 2.22. The van der Waals surface area contributed by atoms with Crippen LogP contribution in [0.25, 0.3) is 0 Å². The third-order valence-corrected chi connectivity index (χ3v) is 3.15. The summed E-state index contributed by atoms with van der Waals surface area (Å²) in [6.07, 6.45) is 4.27. The lowest BCUT2D eigenvalue weighted by Crippen LogP contribution is -2.46. The lowest BCUT2D eigenvalue weighted by atomic mass is 9.96. The molecule has 1 saturated heterocycles. The van der Waals surface area contributed by atoms with E-state index in [0.717, 1.165) is 30.4 Å². The predicted octanol–water partition coefficient (Wildman–Crippen LogP) is 2.52. The number of piperidine rings is 1. The molecule has 0 aromatic heterocycles. The first-order valence-electron chi connectivity index (χ1n) is 5.40. The number of hydrogen-bond donors (Lipinski definition) is 1. The van der Waals surface area contributed by atoms with Crippen LogP contribution in [0, 0.1) is 0 Å². The van der Waals surface area contributed by atoms with Crippen molar-refractivity contribution in [2.75, 3.05) is 13.1 Å². The van der Waals surface area contributed by atoms with Crippen molar-refractivity contribution in [3.8, 4) is 0 Å². The van der Waals surface area contributed by atoms with Gasteiger partial charge in [-0.15, -0.1) is 0 Å². The SMILES string of the molecule is C=C(Br)CN1CCCC[C@@H]1[C@@H](O)CC. The first-order valence-corrected chi connectivity index (χ1v) is 6.19. The minimum atomic E-state index is -0.179. The van der Waals surface area contributed by atoms with E-state index in [9.17, 15) is 5.11 Å². The summed E-state index contributed by atoms with van der Waals surface area (Å²) in [5.41, 5.74) is 0. The fourth-order valence-corrected chi connectivity index (χ4v) is 2.46. The van der Waals surface area contributed by atoms with E-state index >= 15 is 0 Å². The monoisotopic (exact) mass is 261 g/mol. The molecule has 3 heteroatoms. The van der Waals surface area contributed by atoms with Crippen LogP contribution in [0.1, 0.15) is 32.6 Å². The molecule has 0 bridgehead atoms. The number of hydrogen-bond acceptors (Lipinski definition) is 2. The highest BCUT2D eigenvalue weighted by atomic mass is 79.9. The molecule has 0 aromatic rings. The van der Waals surface area contributed by atoms with Gasteiger partial charge in [0.15, 0.2) is 0 Å². The third kappa shape index (κ3) is 3.37. The van der Waals surface area contributed by atoms with Gasteiger partial charge in [-0.05, 0) is 25.8 Å². The van der Waals surface area contributed by atoms with Gasteiger partial charge >= 0.3 is 0 Å². The normalized spacial score (nSPS) is 26.1. The second-order valence-corrected chi connectivity index (χ2v) is 5.15. The summed E-state index contributed by atoms with van der Waals surface area (Å²) in [4.78, 5) is 2.34. The second-order valence-electron chi connectivity index (χ2n) is 4.03. The van der Waals surface area contributed by atoms with Gasteiger partial charge in [0.05, 0.1) is 6.10 Å². The fraction of sp³-hybridized carbons (Fsp3) is 0.818. The van der Waals surface area contributed by atoms with Gasteiger partial charge in [0, 0.05) is 17.1 Å². The minimum absolute atomic E-state index is 0.179. The van der Waals surface area contributed by atoms with Gasteiger partial charge in [-0.3, -0.25) is 4.90 Å². The molecule has 1 fully saturated rings. The van der Waals surface area contributed by atoms with Crippen molar-refractivity contribution >= 4 is 15.9 Å². The van der Waals surface area contributed by atoms with Crippen molar-refractivity contribution in [2.24, 2.45) is 0 Å². The van der Waals surface area contributed by atoms with E-state index in [2.05, 4.69) is 27.4 Å². The van der Waals surface area contributed by atoms with Crippen LogP contribution in [-0.4, -0.2) is 35.2 Å². The molecule has 2 atom stereocenters. The third-order valence-electron chi connectivity index (χ3n) is 2.90. The molecule has 0 amide bonds. The van der Waals surface area contributed by atoms with E-state index in [1.807, 2.05) is 6.92 Å². The van der Waals surface area contributed by atoms with Crippen molar-refractivity contribution in [2.45, 2.75) is 44.8 Å². The number of nitrogens with zero attached hydrogens (tertiary/aromatic N) is 1. The summed E-state index contributed by atoms with van der Waals surface area (Å²) in [7, 11) is 0. The molecule has 0 saturated carbocycles. The highest BCUT2D eigenvalue weighted by Gasteiger charge is 2.27. The van der Waals surface area contributed by atoms with E-state index in [1.165, 1.54) is 12.8 Å². The number of rotatable bonds is 4. The van der Waals surface area contributed by atoms with Crippen LogP contribution in [0.5, 0.6) is 0 Å². The molecular weight excluding hydrogens is 242 g/mol. The Kier molecular flexibility index (Phi) is 5.13. The minimum Gasteiger partial charge on any atom is -0.392 e. The van der Waals surface area contributed by atoms with Gasteiger partial charge in [-0.1, -0.05) is 35.9 Å². The maximum Gasteiger partial charge on any atom is 0.0692 e. The molecule has 1 heterocycles. The summed E-state index contributed by atoms with van der Waals surface area (Å²) in [6.45, 7) is 7.86. The average molecular weight is 262 g/mol. The Bertz CT molecular complexity index is 196. The molecule has 0 aromatic carbocycles. The van der Waals surface area contributed by atoms with Gasteiger partial charge < -0.3 is 5.11 Å². The molecule has 1 aliphatic rings. The van der Waals surface area contributed by atoms with Crippen molar-refractivity contribution in [3.63, 3.8) is 0 Å². The topological polar surface area (TPSA) is 23.5 Å². The molecule has 0 radical (unpaired) electrons. The molecule has 1 aliphatic heterocycles. The summed E-state index contributed by atoms with van der Waals surface area (Å²) in [5.74, 6) is 0. The summed E-state index contributed by atoms with van der Waals surface area (Å²) >= 11 is 3.39. The Morgan fingerprint density at radius 1 is 1.64 bits per heavy atom. The average Bonchev–Trinajstić information content (AvgIpc) is 2.16. The summed E-state index contributed by atoms with van der Waals surface area (Å²) in [6, 6.07) is 0.336. The number of likely N-dealkylation sites (tertiary alicyclic amines) is 1. The van der Waals surface area contributed by atoms with E-state index in [4.69, 9.17) is 0 Å². The van der Waals surface area contributed by atoms with E-state index in [1.54, 1.807) is 0 Å². The molecule has 0 spiro atoms. The quantitative estimate of drug-likeness (QED) is 0.841. The smallest absolute Gasteiger partial charge is 0.0692 e. The Balaban J connectivity index is 2.54. The molecule has 1 N–H and O–H groups in total. The molecule has 0 unspecified atom stereocenters. The van der Waals surface area contributed by atoms with Crippen LogP contribution < -0.4 is 0 Å². The first kappa shape index (κ1) is 12.2. The van der Waals surface area contributed by atoms with Crippen LogP contribution in [0.3, 0.4) is 0 Å². The Labute approximate surface area is 95.1 Å². The molecule has 0 aliphatic carbocycles. The maximum atomic E-state index is 9.88. The van der Waals surface area contributed by atoms with Crippen LogP contribution in [0.4, 0.5) is 0 Å². The zero-order valence-electron chi connectivity index (χ0n) is 8.88. The fourth-order valence-electron chi connectivity index (χ4n) is 2.14. The lowest BCUT2D eigenvalue weighted by molar-refractivity contribution is 0.0303. The van der Waals surface area contributed by atoms with Gasteiger partial charge in [-0.2, -0.15) is 0 Å². The van der Waals surface area contributed by atoms with Gasteiger partial charge in [-0.25, -0.2) is 0 Å². The zero-order chi connectivity index (χ0) is 10.6. The van der Waals surface area contributed by atoms with Crippen LogP contribution in [0.2, 0.25) is 0 Å². The number of aliphatic hydroxyl groups is 1. The van der Waals surface area contributed by atoms with E-state index < -0.39 is 0 Å². The molecular formula is C11H20BrNO. The standard InChI is InChI=1S/C11H20BrNO/c1-3-11(14)10-6-4-5-7-13(10)8-9(2)12/h10-11,14H,2-8H2,1H3/t10-,11+/m1/s1. The lowest BCUT2D eigenvalue weighted by Gasteiger charge is -2.38. The Morgan fingerprint density at radius 3 is 2.93 bits per heavy atom. The van der Waals surface area contributed by atoms with Crippen molar-refractivity contribution in [3.05, 3.63) is 11.1 Å². The van der Waals surface area contributed by atoms with Crippen LogP contribution in [0.15, 0.2) is 11.1 Å². The summed E-state index contributed by atoms with van der Waals surface area (Å²) < 4.78 is 1.01. The van der Waals surface area contributed by atoms with Gasteiger partial charge in [0.25, 0.3) is 0 Å². The Morgan fingerprint density at radius 2 is 2.36 bits per heavy atom. The molecule has 82 valence electrons.